The first-order chi connectivity index (χ1) is 15.0. The number of carboxylic acids is 1. The number of benzene rings is 1. The summed E-state index contributed by atoms with van der Waals surface area (Å²) in [5.74, 6) is 0.530. The van der Waals surface area contributed by atoms with Crippen LogP contribution in [0, 0.1) is 0 Å². The summed E-state index contributed by atoms with van der Waals surface area (Å²) in [6, 6.07) is 7.57. The number of aliphatic carboxylic acids is 1. The van der Waals surface area contributed by atoms with Gasteiger partial charge in [0.25, 0.3) is 0 Å². The fourth-order valence-electron chi connectivity index (χ4n) is 2.93. The van der Waals surface area contributed by atoms with E-state index in [1.54, 1.807) is 0 Å². The van der Waals surface area contributed by atoms with Crippen LogP contribution in [0.15, 0.2) is 24.3 Å². The SMILES string of the molecule is CCCCCOc1cccc(OCCCCOP(O)(=S)OC(CC(=O)O)C[N+](C)(C)C)c1. The molecule has 0 bridgehead atoms. The predicted molar refractivity (Wildman–Crippen MR) is 129 cm³/mol. The lowest BCUT2D eigenvalue weighted by molar-refractivity contribution is -0.873. The van der Waals surface area contributed by atoms with Crippen molar-refractivity contribution in [1.29, 1.82) is 0 Å². The summed E-state index contributed by atoms with van der Waals surface area (Å²) in [6.07, 6.45) is 3.71. The molecule has 0 saturated heterocycles. The molecule has 0 heterocycles. The Kier molecular flexibility index (Phi) is 13.4. The third-order valence-electron chi connectivity index (χ3n) is 4.32. The van der Waals surface area contributed by atoms with E-state index in [0.717, 1.165) is 30.8 Å². The Hall–Kier alpha value is -1.22. The minimum absolute atomic E-state index is 0.210. The van der Waals surface area contributed by atoms with Gasteiger partial charge < -0.3 is 28.5 Å². The van der Waals surface area contributed by atoms with E-state index >= 15 is 0 Å². The molecule has 0 amide bonds. The molecular formula is C22H39NO7PS+. The van der Waals surface area contributed by atoms with Gasteiger partial charge in [-0.15, -0.1) is 0 Å². The van der Waals surface area contributed by atoms with E-state index in [1.807, 2.05) is 45.4 Å². The van der Waals surface area contributed by atoms with Gasteiger partial charge in [-0.2, -0.15) is 0 Å². The lowest BCUT2D eigenvalue weighted by Gasteiger charge is -2.30. The molecule has 0 aromatic heterocycles. The molecule has 0 radical (unpaired) electrons. The van der Waals surface area contributed by atoms with Crippen molar-refractivity contribution in [3.8, 4) is 11.5 Å². The van der Waals surface area contributed by atoms with Gasteiger partial charge in [0.1, 0.15) is 24.1 Å². The van der Waals surface area contributed by atoms with E-state index in [1.165, 1.54) is 0 Å². The number of rotatable bonds is 18. The molecule has 8 nitrogen and oxygen atoms in total. The summed E-state index contributed by atoms with van der Waals surface area (Å²) in [4.78, 5) is 21.4. The first kappa shape index (κ1) is 28.8. The van der Waals surface area contributed by atoms with E-state index in [-0.39, 0.29) is 13.0 Å². The lowest BCUT2D eigenvalue weighted by Crippen LogP contribution is -2.42. The molecule has 0 spiro atoms. The summed E-state index contributed by atoms with van der Waals surface area (Å²) in [5.41, 5.74) is 0. The zero-order valence-electron chi connectivity index (χ0n) is 19.7. The molecular weight excluding hydrogens is 453 g/mol. The Morgan fingerprint density at radius 3 is 2.16 bits per heavy atom. The Labute approximate surface area is 197 Å². The van der Waals surface area contributed by atoms with E-state index in [0.29, 0.717) is 37.1 Å². The topological polar surface area (TPSA) is 94.5 Å². The second-order valence-corrected chi connectivity index (χ2v) is 11.5. The van der Waals surface area contributed by atoms with Crippen LogP contribution in [-0.2, 0) is 25.6 Å². The fourth-order valence-corrected chi connectivity index (χ4v) is 4.46. The van der Waals surface area contributed by atoms with Crippen molar-refractivity contribution in [2.75, 3.05) is 47.5 Å². The van der Waals surface area contributed by atoms with Crippen LogP contribution in [0.25, 0.3) is 0 Å². The first-order valence-electron chi connectivity index (χ1n) is 11.0. The summed E-state index contributed by atoms with van der Waals surface area (Å²) in [6.45, 7) is 0.432. The Bertz CT molecular complexity index is 726. The minimum Gasteiger partial charge on any atom is -0.493 e. The molecule has 2 atom stereocenters. The van der Waals surface area contributed by atoms with Crippen LogP contribution < -0.4 is 9.47 Å². The molecule has 2 unspecified atom stereocenters. The van der Waals surface area contributed by atoms with Gasteiger partial charge in [0.15, 0.2) is 0 Å². The van der Waals surface area contributed by atoms with Crippen LogP contribution in [0.4, 0.5) is 0 Å². The van der Waals surface area contributed by atoms with Crippen molar-refractivity contribution in [3.05, 3.63) is 24.3 Å². The lowest BCUT2D eigenvalue weighted by atomic mass is 10.2. The van der Waals surface area contributed by atoms with Crippen molar-refractivity contribution in [2.45, 2.75) is 51.6 Å². The van der Waals surface area contributed by atoms with Crippen LogP contribution >= 0.6 is 6.72 Å². The molecule has 0 saturated carbocycles. The largest absolute Gasteiger partial charge is 0.493 e. The molecule has 0 aliphatic heterocycles. The average Bonchev–Trinajstić information content (AvgIpc) is 2.66. The summed E-state index contributed by atoms with van der Waals surface area (Å²) >= 11 is 5.06. The van der Waals surface area contributed by atoms with E-state index in [2.05, 4.69) is 6.92 Å². The van der Waals surface area contributed by atoms with Gasteiger partial charge in [0.2, 0.25) is 0 Å². The zero-order valence-corrected chi connectivity index (χ0v) is 21.4. The second kappa shape index (κ2) is 14.8. The highest BCUT2D eigenvalue weighted by atomic mass is 32.5. The van der Waals surface area contributed by atoms with Crippen molar-refractivity contribution < 1.29 is 37.8 Å². The number of likely N-dealkylation sites (N-methyl/N-ethyl adjacent to an activating group) is 1. The molecule has 2 N–H and O–H groups in total. The number of hydrogen-bond donors (Lipinski definition) is 2. The smallest absolute Gasteiger partial charge is 0.325 e. The third-order valence-corrected chi connectivity index (χ3v) is 5.97. The summed E-state index contributed by atoms with van der Waals surface area (Å²) in [5, 5.41) is 9.07. The maximum Gasteiger partial charge on any atom is 0.325 e. The Balaban J connectivity index is 2.32. The average molecular weight is 493 g/mol. The number of carbonyl (C=O) groups is 1. The molecule has 1 rings (SSSR count). The van der Waals surface area contributed by atoms with Crippen LogP contribution in [-0.4, -0.2) is 74.1 Å². The molecule has 10 heteroatoms. The standard InChI is InChI=1S/C22H38NO7PS/c1-5-6-7-13-27-19-11-10-12-20(16-19)28-14-8-9-15-29-31(26,32)30-21(17-22(24)25)18-23(2,3)4/h10-12,16,21H,5-9,13-15,17-18H2,1-4H3,(H-,24,25,26,32)/p+1. The highest BCUT2D eigenvalue weighted by Crippen LogP contribution is 2.45. The monoisotopic (exact) mass is 492 g/mol. The number of unbranched alkanes of at least 4 members (excludes halogenated alkanes) is 3. The zero-order chi connectivity index (χ0) is 24.0. The number of nitrogens with zero attached hydrogens (tertiary/aromatic N) is 1. The van der Waals surface area contributed by atoms with Gasteiger partial charge in [-0.3, -0.25) is 9.32 Å². The maximum atomic E-state index is 11.1. The van der Waals surface area contributed by atoms with E-state index < -0.39 is 18.8 Å². The minimum atomic E-state index is -3.52. The normalized spacial score (nSPS) is 14.5. The number of carboxylic acid groups (broad SMARTS) is 1. The highest BCUT2D eigenvalue weighted by molar-refractivity contribution is 8.07. The fraction of sp³-hybridized carbons (Fsp3) is 0.682. The van der Waals surface area contributed by atoms with Crippen molar-refractivity contribution in [2.24, 2.45) is 0 Å². The van der Waals surface area contributed by atoms with Crippen LogP contribution in [0.1, 0.15) is 45.4 Å². The summed E-state index contributed by atoms with van der Waals surface area (Å²) < 4.78 is 22.8. The molecule has 184 valence electrons. The van der Waals surface area contributed by atoms with Crippen LogP contribution in [0.5, 0.6) is 11.5 Å². The molecule has 0 fully saturated rings. The second-order valence-electron chi connectivity index (χ2n) is 8.69. The number of ether oxygens (including phenoxy) is 2. The molecule has 0 aliphatic rings. The Morgan fingerprint density at radius 2 is 1.62 bits per heavy atom. The Morgan fingerprint density at radius 1 is 1.06 bits per heavy atom. The number of hydrogen-bond acceptors (Lipinski definition) is 6. The van der Waals surface area contributed by atoms with Crippen molar-refractivity contribution in [3.63, 3.8) is 0 Å². The van der Waals surface area contributed by atoms with Crippen molar-refractivity contribution in [1.82, 2.24) is 0 Å². The van der Waals surface area contributed by atoms with Gasteiger partial charge in [0, 0.05) is 6.07 Å². The molecule has 1 aromatic rings. The maximum absolute atomic E-state index is 11.1. The first-order valence-corrected chi connectivity index (χ1v) is 13.6. The van der Waals surface area contributed by atoms with Gasteiger partial charge in [-0.25, -0.2) is 0 Å². The quantitative estimate of drug-likeness (QED) is 0.179. The predicted octanol–water partition coefficient (Wildman–Crippen LogP) is 4.21. The van der Waals surface area contributed by atoms with Gasteiger partial charge >= 0.3 is 12.7 Å². The van der Waals surface area contributed by atoms with Crippen LogP contribution in [0.3, 0.4) is 0 Å². The van der Waals surface area contributed by atoms with Gasteiger partial charge in [-0.1, -0.05) is 25.8 Å². The van der Waals surface area contributed by atoms with Gasteiger partial charge in [0.05, 0.1) is 47.4 Å². The van der Waals surface area contributed by atoms with E-state index in [4.69, 9.17) is 35.4 Å². The highest BCUT2D eigenvalue weighted by Gasteiger charge is 2.28. The molecule has 32 heavy (non-hydrogen) atoms. The molecule has 1 aromatic carbocycles. The third kappa shape index (κ3) is 14.8. The summed E-state index contributed by atoms with van der Waals surface area (Å²) in [7, 11) is 5.73. The van der Waals surface area contributed by atoms with Crippen molar-refractivity contribution >= 4 is 24.5 Å². The van der Waals surface area contributed by atoms with Gasteiger partial charge in [-0.05, 0) is 43.2 Å². The van der Waals surface area contributed by atoms with Crippen LogP contribution in [0.2, 0.25) is 0 Å². The van der Waals surface area contributed by atoms with E-state index in [9.17, 15) is 9.69 Å². The molecule has 0 aliphatic carbocycles. The number of quaternary nitrogens is 1.